The summed E-state index contributed by atoms with van der Waals surface area (Å²) in [5, 5.41) is 12.1. The largest absolute Gasteiger partial charge is 0.481 e. The molecule has 1 aliphatic heterocycles. The Balaban J connectivity index is 1.93. The number of nitrogens with zero attached hydrogens (tertiary/aromatic N) is 2. The smallest absolute Gasteiger partial charge is 0.407 e. The molecule has 3 amide bonds. The van der Waals surface area contributed by atoms with Crippen molar-refractivity contribution in [2.24, 2.45) is 0 Å². The van der Waals surface area contributed by atoms with Crippen LogP contribution in [0.1, 0.15) is 38.3 Å². The number of hydrogen-bond acceptors (Lipinski definition) is 5. The van der Waals surface area contributed by atoms with Crippen LogP contribution >= 0.6 is 0 Å². The minimum atomic E-state index is -1.18. The monoisotopic (exact) mass is 481 g/mol. The van der Waals surface area contributed by atoms with E-state index in [-0.39, 0.29) is 19.6 Å². The van der Waals surface area contributed by atoms with Crippen LogP contribution < -0.4 is 5.32 Å². The van der Waals surface area contributed by atoms with Crippen molar-refractivity contribution < 1.29 is 29.0 Å². The zero-order valence-corrected chi connectivity index (χ0v) is 20.1. The van der Waals surface area contributed by atoms with Crippen LogP contribution in [0.25, 0.3) is 0 Å². The molecule has 2 aromatic rings. The summed E-state index contributed by atoms with van der Waals surface area (Å²) in [5.41, 5.74) is 0.812. The Morgan fingerprint density at radius 3 is 1.77 bits per heavy atom. The van der Waals surface area contributed by atoms with Gasteiger partial charge in [0.05, 0.1) is 13.0 Å². The molecular formula is C26H31N3O6. The minimum Gasteiger partial charge on any atom is -0.481 e. The van der Waals surface area contributed by atoms with E-state index in [2.05, 4.69) is 5.32 Å². The molecule has 3 rings (SSSR count). The molecule has 0 saturated carbocycles. The van der Waals surface area contributed by atoms with Gasteiger partial charge in [-0.3, -0.25) is 14.4 Å². The second-order valence-electron chi connectivity index (χ2n) is 9.42. The van der Waals surface area contributed by atoms with Crippen LogP contribution in [0.4, 0.5) is 4.79 Å². The van der Waals surface area contributed by atoms with Crippen LogP contribution in [0, 0.1) is 0 Å². The van der Waals surface area contributed by atoms with Gasteiger partial charge < -0.3 is 25.0 Å². The number of carbonyl (C=O) groups is 4. The van der Waals surface area contributed by atoms with Gasteiger partial charge in [-0.25, -0.2) is 4.79 Å². The third kappa shape index (κ3) is 7.05. The van der Waals surface area contributed by atoms with Crippen molar-refractivity contribution >= 4 is 23.9 Å². The van der Waals surface area contributed by atoms with Gasteiger partial charge >= 0.3 is 12.1 Å². The highest BCUT2D eigenvalue weighted by atomic mass is 16.6. The second-order valence-corrected chi connectivity index (χ2v) is 9.42. The highest BCUT2D eigenvalue weighted by Crippen LogP contribution is 2.25. The molecule has 35 heavy (non-hydrogen) atoms. The topological polar surface area (TPSA) is 116 Å². The van der Waals surface area contributed by atoms with Crippen LogP contribution in [-0.4, -0.2) is 63.0 Å². The summed E-state index contributed by atoms with van der Waals surface area (Å²) in [6.45, 7) is 5.18. The molecule has 0 aromatic heterocycles. The van der Waals surface area contributed by atoms with Gasteiger partial charge in [0.25, 0.3) is 0 Å². The quantitative estimate of drug-likeness (QED) is 0.599. The van der Waals surface area contributed by atoms with Gasteiger partial charge in [-0.05, 0) is 31.9 Å². The molecule has 1 fully saturated rings. The number of benzene rings is 2. The van der Waals surface area contributed by atoms with Crippen LogP contribution in [-0.2, 0) is 32.2 Å². The third-order valence-corrected chi connectivity index (χ3v) is 5.49. The molecule has 0 bridgehead atoms. The number of rotatable bonds is 8. The molecule has 2 atom stereocenters. The first-order valence-corrected chi connectivity index (χ1v) is 11.4. The molecule has 0 unspecified atom stereocenters. The maximum atomic E-state index is 13.7. The fourth-order valence-electron chi connectivity index (χ4n) is 3.95. The molecule has 0 radical (unpaired) electrons. The van der Waals surface area contributed by atoms with Gasteiger partial charge in [0, 0.05) is 13.1 Å². The van der Waals surface area contributed by atoms with Crippen molar-refractivity contribution in [3.8, 4) is 0 Å². The van der Waals surface area contributed by atoms with Crippen LogP contribution in [0.5, 0.6) is 0 Å². The molecule has 2 N–H and O–H groups in total. The number of hydrogen-bond donors (Lipinski definition) is 2. The average molecular weight is 482 g/mol. The van der Waals surface area contributed by atoms with Crippen molar-refractivity contribution in [2.45, 2.75) is 58.0 Å². The van der Waals surface area contributed by atoms with Crippen molar-refractivity contribution in [3.05, 3.63) is 71.8 Å². The predicted molar refractivity (Wildman–Crippen MR) is 128 cm³/mol. The Kier molecular flexibility index (Phi) is 8.11. The summed E-state index contributed by atoms with van der Waals surface area (Å²) in [5.74, 6) is -2.10. The Hall–Kier alpha value is -3.88. The molecule has 186 valence electrons. The summed E-state index contributed by atoms with van der Waals surface area (Å²) in [6, 6.07) is 16.0. The van der Waals surface area contributed by atoms with Crippen LogP contribution in [0.2, 0.25) is 0 Å². The van der Waals surface area contributed by atoms with E-state index in [0.717, 1.165) is 11.1 Å². The van der Waals surface area contributed by atoms with E-state index >= 15 is 0 Å². The molecule has 1 saturated heterocycles. The van der Waals surface area contributed by atoms with Crippen molar-refractivity contribution in [1.82, 2.24) is 15.1 Å². The number of piperazine rings is 1. The van der Waals surface area contributed by atoms with Crippen molar-refractivity contribution in [1.29, 1.82) is 0 Å². The highest BCUT2D eigenvalue weighted by Gasteiger charge is 2.46. The fraction of sp³-hybridized carbons (Fsp3) is 0.385. The van der Waals surface area contributed by atoms with Gasteiger partial charge in [-0.15, -0.1) is 0 Å². The maximum Gasteiger partial charge on any atom is 0.407 e. The summed E-state index contributed by atoms with van der Waals surface area (Å²) >= 11 is 0. The number of nitrogens with one attached hydrogen (secondary N) is 1. The third-order valence-electron chi connectivity index (χ3n) is 5.49. The van der Waals surface area contributed by atoms with E-state index < -0.39 is 48.0 Å². The first-order chi connectivity index (χ1) is 16.5. The molecule has 9 heteroatoms. The number of aliphatic carboxylic acids is 1. The SMILES string of the molecule is CC(C)(C)OC(=O)NC[C@@H]1C(=O)N(Cc2ccccc2)[C@@H](CC(=O)O)C(=O)N1Cc1ccccc1. The lowest BCUT2D eigenvalue weighted by atomic mass is 9.99. The average Bonchev–Trinajstić information content (AvgIpc) is 2.79. The first kappa shape index (κ1) is 25.7. The molecule has 1 aliphatic rings. The molecular weight excluding hydrogens is 450 g/mol. The molecule has 9 nitrogen and oxygen atoms in total. The van der Waals surface area contributed by atoms with Crippen molar-refractivity contribution in [3.63, 3.8) is 0 Å². The fourth-order valence-corrected chi connectivity index (χ4v) is 3.95. The van der Waals surface area contributed by atoms with Crippen LogP contribution in [0.3, 0.4) is 0 Å². The minimum absolute atomic E-state index is 0.0749. The predicted octanol–water partition coefficient (Wildman–Crippen LogP) is 2.79. The second kappa shape index (κ2) is 11.0. The van der Waals surface area contributed by atoms with E-state index in [4.69, 9.17) is 4.74 Å². The summed E-state index contributed by atoms with van der Waals surface area (Å²) in [4.78, 5) is 53.9. The normalized spacial score (nSPS) is 18.4. The van der Waals surface area contributed by atoms with E-state index in [1.807, 2.05) is 36.4 Å². The Labute approximate surface area is 204 Å². The number of carboxylic acid groups (broad SMARTS) is 1. The van der Waals surface area contributed by atoms with Gasteiger partial charge in [0.2, 0.25) is 11.8 Å². The number of carboxylic acids is 1. The molecule has 1 heterocycles. The van der Waals surface area contributed by atoms with E-state index in [0.29, 0.717) is 0 Å². The number of ether oxygens (including phenoxy) is 1. The molecule has 0 aliphatic carbocycles. The van der Waals surface area contributed by atoms with E-state index in [1.54, 1.807) is 45.0 Å². The van der Waals surface area contributed by atoms with Gasteiger partial charge in [0.1, 0.15) is 17.7 Å². The lowest BCUT2D eigenvalue weighted by Gasteiger charge is -2.45. The van der Waals surface area contributed by atoms with Gasteiger partial charge in [-0.1, -0.05) is 60.7 Å². The summed E-state index contributed by atoms with van der Waals surface area (Å²) in [7, 11) is 0. The highest BCUT2D eigenvalue weighted by molar-refractivity contribution is 5.99. The zero-order chi connectivity index (χ0) is 25.6. The standard InChI is InChI=1S/C26H31N3O6/c1-26(2,3)35-25(34)27-15-21-24(33)28(16-18-10-6-4-7-11-18)20(14-22(30)31)23(32)29(21)17-19-12-8-5-9-13-19/h4-13,20-21H,14-17H2,1-3H3,(H,27,34)(H,30,31)/t20-,21+/m0/s1. The number of alkyl carbamates (subject to hydrolysis) is 1. The van der Waals surface area contributed by atoms with E-state index in [1.165, 1.54) is 9.80 Å². The molecule has 2 aromatic carbocycles. The first-order valence-electron chi connectivity index (χ1n) is 11.4. The van der Waals surface area contributed by atoms with E-state index in [9.17, 15) is 24.3 Å². The lowest BCUT2D eigenvalue weighted by Crippen LogP contribution is -2.66. The Morgan fingerprint density at radius 2 is 1.31 bits per heavy atom. The van der Waals surface area contributed by atoms with Gasteiger partial charge in [0.15, 0.2) is 0 Å². The lowest BCUT2D eigenvalue weighted by molar-refractivity contribution is -0.165. The Morgan fingerprint density at radius 1 is 0.857 bits per heavy atom. The maximum absolute atomic E-state index is 13.7. The van der Waals surface area contributed by atoms with Crippen molar-refractivity contribution in [2.75, 3.05) is 6.54 Å². The zero-order valence-electron chi connectivity index (χ0n) is 20.1. The van der Waals surface area contributed by atoms with Gasteiger partial charge in [-0.2, -0.15) is 0 Å². The number of carbonyl (C=O) groups excluding carboxylic acids is 3. The summed E-state index contributed by atoms with van der Waals surface area (Å²) in [6.07, 6.45) is -1.23. The van der Waals surface area contributed by atoms with Crippen LogP contribution in [0.15, 0.2) is 60.7 Å². The Bertz CT molecular complexity index is 1050. The number of amides is 3. The molecule has 0 spiro atoms. The summed E-state index contributed by atoms with van der Waals surface area (Å²) < 4.78 is 5.28.